The number of alkyl halides is 3. The molecule has 8 heteroatoms. The SMILES string of the molecule is CC1CCCC1NC(=O)CC(O)(c1nccn1C)C(F)(F)F. The molecule has 2 rings (SSSR count). The van der Waals surface area contributed by atoms with E-state index in [1.165, 1.54) is 13.2 Å². The maximum absolute atomic E-state index is 13.3. The zero-order valence-corrected chi connectivity index (χ0v) is 12.5. The van der Waals surface area contributed by atoms with Crippen molar-refractivity contribution in [1.29, 1.82) is 0 Å². The second kappa shape index (κ2) is 5.91. The Morgan fingerprint density at radius 2 is 2.18 bits per heavy atom. The summed E-state index contributed by atoms with van der Waals surface area (Å²) in [5, 5.41) is 12.7. The van der Waals surface area contributed by atoms with Crippen LogP contribution in [0.2, 0.25) is 0 Å². The van der Waals surface area contributed by atoms with Gasteiger partial charge in [0.1, 0.15) is 0 Å². The second-order valence-corrected chi connectivity index (χ2v) is 5.98. The Labute approximate surface area is 126 Å². The maximum Gasteiger partial charge on any atom is 0.425 e. The van der Waals surface area contributed by atoms with Crippen molar-refractivity contribution in [3.63, 3.8) is 0 Å². The number of aryl methyl sites for hydroxylation is 1. The first kappa shape index (κ1) is 16.8. The molecule has 0 radical (unpaired) electrons. The van der Waals surface area contributed by atoms with Crippen molar-refractivity contribution >= 4 is 5.91 Å². The molecule has 1 saturated carbocycles. The largest absolute Gasteiger partial charge is 0.425 e. The van der Waals surface area contributed by atoms with Crippen LogP contribution in [0, 0.1) is 5.92 Å². The number of rotatable bonds is 4. The minimum atomic E-state index is -5.00. The third-order valence-corrected chi connectivity index (χ3v) is 4.28. The summed E-state index contributed by atoms with van der Waals surface area (Å²) in [6.45, 7) is 1.95. The Morgan fingerprint density at radius 1 is 1.50 bits per heavy atom. The highest BCUT2D eigenvalue weighted by Gasteiger charge is 2.58. The summed E-state index contributed by atoms with van der Waals surface area (Å²) >= 11 is 0. The van der Waals surface area contributed by atoms with E-state index in [2.05, 4.69) is 10.3 Å². The number of nitrogens with zero attached hydrogens (tertiary/aromatic N) is 2. The van der Waals surface area contributed by atoms with E-state index in [0.717, 1.165) is 30.0 Å². The number of amides is 1. The Kier molecular flexibility index (Phi) is 4.51. The molecule has 0 aliphatic heterocycles. The molecule has 1 aliphatic rings. The average Bonchev–Trinajstić information content (AvgIpc) is 2.97. The van der Waals surface area contributed by atoms with Crippen LogP contribution in [0.4, 0.5) is 13.2 Å². The number of halogens is 3. The van der Waals surface area contributed by atoms with Crippen molar-refractivity contribution in [2.24, 2.45) is 13.0 Å². The maximum atomic E-state index is 13.3. The zero-order valence-electron chi connectivity index (χ0n) is 12.5. The molecule has 1 aliphatic carbocycles. The summed E-state index contributed by atoms with van der Waals surface area (Å²) < 4.78 is 41.0. The van der Waals surface area contributed by atoms with E-state index >= 15 is 0 Å². The molecule has 124 valence electrons. The van der Waals surface area contributed by atoms with Gasteiger partial charge in [-0.05, 0) is 18.8 Å². The Hall–Kier alpha value is -1.57. The predicted octanol–water partition coefficient (Wildman–Crippen LogP) is 1.86. The fourth-order valence-corrected chi connectivity index (χ4v) is 2.92. The van der Waals surface area contributed by atoms with Gasteiger partial charge >= 0.3 is 6.18 Å². The molecule has 1 aromatic heterocycles. The minimum absolute atomic E-state index is 0.133. The highest BCUT2D eigenvalue weighted by Crippen LogP contribution is 2.40. The lowest BCUT2D eigenvalue weighted by atomic mass is 9.96. The van der Waals surface area contributed by atoms with Crippen LogP contribution in [0.3, 0.4) is 0 Å². The second-order valence-electron chi connectivity index (χ2n) is 5.98. The fourth-order valence-electron chi connectivity index (χ4n) is 2.92. The van der Waals surface area contributed by atoms with Crippen molar-refractivity contribution < 1.29 is 23.1 Å². The molecule has 3 atom stereocenters. The van der Waals surface area contributed by atoms with Gasteiger partial charge < -0.3 is 15.0 Å². The number of aromatic nitrogens is 2. The molecular weight excluding hydrogens is 299 g/mol. The van der Waals surface area contributed by atoms with E-state index in [1.807, 2.05) is 6.92 Å². The highest BCUT2D eigenvalue weighted by atomic mass is 19.4. The van der Waals surface area contributed by atoms with Crippen molar-refractivity contribution in [2.75, 3.05) is 0 Å². The van der Waals surface area contributed by atoms with Gasteiger partial charge in [0.05, 0.1) is 6.42 Å². The lowest BCUT2D eigenvalue weighted by Crippen LogP contribution is -2.49. The molecule has 22 heavy (non-hydrogen) atoms. The Bertz CT molecular complexity index is 544. The van der Waals surface area contributed by atoms with Gasteiger partial charge in [0.2, 0.25) is 11.5 Å². The Morgan fingerprint density at radius 3 is 2.64 bits per heavy atom. The molecule has 1 heterocycles. The molecule has 0 aromatic carbocycles. The van der Waals surface area contributed by atoms with Crippen LogP contribution in [0.5, 0.6) is 0 Å². The number of carbonyl (C=O) groups excluding carboxylic acids is 1. The van der Waals surface area contributed by atoms with E-state index in [4.69, 9.17) is 0 Å². The van der Waals surface area contributed by atoms with E-state index in [9.17, 15) is 23.1 Å². The highest BCUT2D eigenvalue weighted by molar-refractivity contribution is 5.77. The van der Waals surface area contributed by atoms with Crippen LogP contribution >= 0.6 is 0 Å². The van der Waals surface area contributed by atoms with Crippen molar-refractivity contribution in [3.8, 4) is 0 Å². The van der Waals surface area contributed by atoms with Crippen LogP contribution in [0.1, 0.15) is 38.4 Å². The molecule has 1 fully saturated rings. The summed E-state index contributed by atoms with van der Waals surface area (Å²) in [6.07, 6.45) is -1.01. The molecule has 0 spiro atoms. The van der Waals surface area contributed by atoms with Gasteiger partial charge in [0, 0.05) is 25.5 Å². The lowest BCUT2D eigenvalue weighted by Gasteiger charge is -2.30. The summed E-state index contributed by atoms with van der Waals surface area (Å²) in [5.41, 5.74) is -3.29. The van der Waals surface area contributed by atoms with Gasteiger partial charge in [-0.2, -0.15) is 13.2 Å². The van der Waals surface area contributed by atoms with E-state index < -0.39 is 29.9 Å². The van der Waals surface area contributed by atoms with Crippen molar-refractivity contribution in [2.45, 2.75) is 50.4 Å². The van der Waals surface area contributed by atoms with Gasteiger partial charge in [-0.25, -0.2) is 4.98 Å². The van der Waals surface area contributed by atoms with Crippen LogP contribution in [-0.4, -0.2) is 32.8 Å². The number of carbonyl (C=O) groups is 1. The number of nitrogens with one attached hydrogen (secondary N) is 1. The average molecular weight is 319 g/mol. The molecule has 3 unspecified atom stereocenters. The normalized spacial score (nSPS) is 25.0. The van der Waals surface area contributed by atoms with Crippen LogP contribution < -0.4 is 5.32 Å². The molecule has 0 saturated heterocycles. The monoisotopic (exact) mass is 319 g/mol. The first-order valence-electron chi connectivity index (χ1n) is 7.21. The summed E-state index contributed by atoms with van der Waals surface area (Å²) in [5.74, 6) is -1.17. The van der Waals surface area contributed by atoms with Crippen molar-refractivity contribution in [1.82, 2.24) is 14.9 Å². The third-order valence-electron chi connectivity index (χ3n) is 4.28. The lowest BCUT2D eigenvalue weighted by molar-refractivity contribution is -0.271. The zero-order chi connectivity index (χ0) is 16.5. The van der Waals surface area contributed by atoms with Gasteiger partial charge in [-0.1, -0.05) is 13.3 Å². The standard InChI is InChI=1S/C14H20F3N3O2/c1-9-4-3-5-10(9)19-11(21)8-13(22,14(15,16)17)12-18-6-7-20(12)2/h6-7,9-10,22H,3-5,8H2,1-2H3,(H,19,21). The van der Waals surface area contributed by atoms with Crippen LogP contribution in [-0.2, 0) is 17.4 Å². The Balaban J connectivity index is 2.17. The summed E-state index contributed by atoms with van der Waals surface area (Å²) in [6, 6.07) is -0.133. The van der Waals surface area contributed by atoms with Gasteiger partial charge in [0.25, 0.3) is 0 Å². The van der Waals surface area contributed by atoms with Gasteiger partial charge in [-0.3, -0.25) is 4.79 Å². The fraction of sp³-hybridized carbons (Fsp3) is 0.714. The first-order chi connectivity index (χ1) is 10.1. The molecule has 2 N–H and O–H groups in total. The molecule has 1 amide bonds. The van der Waals surface area contributed by atoms with E-state index in [1.54, 1.807) is 0 Å². The molecular formula is C14H20F3N3O2. The molecule has 0 bridgehead atoms. The number of hydrogen-bond donors (Lipinski definition) is 2. The number of aliphatic hydroxyl groups is 1. The van der Waals surface area contributed by atoms with Crippen molar-refractivity contribution in [3.05, 3.63) is 18.2 Å². The number of hydrogen-bond acceptors (Lipinski definition) is 3. The molecule has 5 nitrogen and oxygen atoms in total. The predicted molar refractivity (Wildman–Crippen MR) is 72.7 cm³/mol. The summed E-state index contributed by atoms with van der Waals surface area (Å²) in [7, 11) is 1.34. The topological polar surface area (TPSA) is 67.2 Å². The smallest absolute Gasteiger partial charge is 0.374 e. The number of imidazole rings is 1. The van der Waals surface area contributed by atoms with Gasteiger partial charge in [-0.15, -0.1) is 0 Å². The molecule has 1 aromatic rings. The summed E-state index contributed by atoms with van der Waals surface area (Å²) in [4.78, 5) is 15.6. The van der Waals surface area contributed by atoms with E-state index in [-0.39, 0.29) is 12.0 Å². The quantitative estimate of drug-likeness (QED) is 0.890. The van der Waals surface area contributed by atoms with E-state index in [0.29, 0.717) is 0 Å². The first-order valence-corrected chi connectivity index (χ1v) is 7.21. The van der Waals surface area contributed by atoms with Crippen LogP contribution in [0.15, 0.2) is 12.4 Å². The van der Waals surface area contributed by atoms with Gasteiger partial charge in [0.15, 0.2) is 5.82 Å². The third kappa shape index (κ3) is 3.11. The van der Waals surface area contributed by atoms with Crippen LogP contribution in [0.25, 0.3) is 0 Å². The minimum Gasteiger partial charge on any atom is -0.374 e.